The van der Waals surface area contributed by atoms with Gasteiger partial charge in [0.2, 0.25) is 0 Å². The minimum Gasteiger partial charge on any atom is -0.364 e. The van der Waals surface area contributed by atoms with Crippen LogP contribution in [0.25, 0.3) is 0 Å². The Labute approximate surface area is 66.9 Å². The van der Waals surface area contributed by atoms with Crippen LogP contribution in [-0.4, -0.2) is 4.98 Å². The van der Waals surface area contributed by atoms with Crippen molar-refractivity contribution in [1.82, 2.24) is 4.98 Å². The van der Waals surface area contributed by atoms with Crippen molar-refractivity contribution in [3.63, 3.8) is 0 Å². The molecule has 0 aliphatic rings. The number of aromatic amines is 1. The van der Waals surface area contributed by atoms with E-state index in [4.69, 9.17) is 5.26 Å². The third kappa shape index (κ3) is 1.62. The van der Waals surface area contributed by atoms with Gasteiger partial charge in [-0.25, -0.2) is 0 Å². The third-order valence-corrected chi connectivity index (χ3v) is 1.76. The molecule has 1 unspecified atom stereocenters. The molecule has 0 aliphatic carbocycles. The fraction of sp³-hybridized carbons (Fsp3) is 0.444. The molecule has 1 atom stereocenters. The summed E-state index contributed by atoms with van der Waals surface area (Å²) in [7, 11) is 0. The van der Waals surface area contributed by atoms with Gasteiger partial charge in [-0.1, -0.05) is 13.8 Å². The Kier molecular flexibility index (Phi) is 2.32. The van der Waals surface area contributed by atoms with Crippen molar-refractivity contribution in [2.45, 2.75) is 19.8 Å². The second-order valence-corrected chi connectivity index (χ2v) is 2.98. The van der Waals surface area contributed by atoms with E-state index in [2.05, 4.69) is 24.9 Å². The average molecular weight is 148 g/mol. The Hall–Kier alpha value is -1.23. The van der Waals surface area contributed by atoms with E-state index in [-0.39, 0.29) is 5.92 Å². The number of nitrogens with one attached hydrogen (secondary N) is 1. The molecule has 1 N–H and O–H groups in total. The van der Waals surface area contributed by atoms with Crippen molar-refractivity contribution in [3.05, 3.63) is 24.0 Å². The second-order valence-electron chi connectivity index (χ2n) is 2.98. The van der Waals surface area contributed by atoms with Crippen LogP contribution in [-0.2, 0) is 0 Å². The molecule has 0 bridgehead atoms. The Balaban J connectivity index is 2.82. The molecule has 0 aliphatic heterocycles. The molecule has 0 amide bonds. The summed E-state index contributed by atoms with van der Waals surface area (Å²) in [5.74, 6) is 0.378. The molecule has 11 heavy (non-hydrogen) atoms. The summed E-state index contributed by atoms with van der Waals surface area (Å²) in [6, 6.07) is 6.14. The Morgan fingerprint density at radius 1 is 1.55 bits per heavy atom. The van der Waals surface area contributed by atoms with Crippen molar-refractivity contribution in [2.75, 3.05) is 0 Å². The fourth-order valence-electron chi connectivity index (χ4n) is 1.12. The zero-order valence-corrected chi connectivity index (χ0v) is 6.83. The van der Waals surface area contributed by atoms with Gasteiger partial charge in [0.15, 0.2) is 0 Å². The molecule has 0 aromatic carbocycles. The number of rotatable bonds is 2. The normalized spacial score (nSPS) is 12.9. The summed E-state index contributed by atoms with van der Waals surface area (Å²) >= 11 is 0. The molecule has 1 heterocycles. The molecule has 1 aromatic heterocycles. The van der Waals surface area contributed by atoms with E-state index < -0.39 is 0 Å². The minimum absolute atomic E-state index is 0.00463. The van der Waals surface area contributed by atoms with E-state index >= 15 is 0 Å². The van der Waals surface area contributed by atoms with Crippen LogP contribution in [0.2, 0.25) is 0 Å². The van der Waals surface area contributed by atoms with Gasteiger partial charge in [0, 0.05) is 11.9 Å². The predicted octanol–water partition coefficient (Wildman–Crippen LogP) is 2.28. The van der Waals surface area contributed by atoms with Crippen molar-refractivity contribution < 1.29 is 0 Å². The van der Waals surface area contributed by atoms with Gasteiger partial charge in [-0.2, -0.15) is 5.26 Å². The average Bonchev–Trinajstić information content (AvgIpc) is 2.40. The first kappa shape index (κ1) is 7.87. The molecule has 0 saturated carbocycles. The van der Waals surface area contributed by atoms with Crippen molar-refractivity contribution in [3.8, 4) is 6.07 Å². The van der Waals surface area contributed by atoms with E-state index in [1.165, 1.54) is 0 Å². The molecule has 0 radical (unpaired) electrons. The van der Waals surface area contributed by atoms with E-state index in [0.717, 1.165) is 5.69 Å². The van der Waals surface area contributed by atoms with E-state index in [1.54, 1.807) is 0 Å². The maximum Gasteiger partial charge on any atom is 0.0885 e. The Morgan fingerprint density at radius 2 is 2.27 bits per heavy atom. The highest BCUT2D eigenvalue weighted by atomic mass is 14.7. The van der Waals surface area contributed by atoms with Crippen LogP contribution in [0.3, 0.4) is 0 Å². The molecule has 58 valence electrons. The van der Waals surface area contributed by atoms with E-state index in [0.29, 0.717) is 5.92 Å². The van der Waals surface area contributed by atoms with Gasteiger partial charge in [0.25, 0.3) is 0 Å². The van der Waals surface area contributed by atoms with Gasteiger partial charge in [-0.15, -0.1) is 0 Å². The van der Waals surface area contributed by atoms with Gasteiger partial charge < -0.3 is 4.98 Å². The van der Waals surface area contributed by atoms with Crippen LogP contribution in [0.4, 0.5) is 0 Å². The first-order chi connectivity index (χ1) is 5.25. The molecule has 2 heteroatoms. The summed E-state index contributed by atoms with van der Waals surface area (Å²) in [6.07, 6.45) is 1.85. The highest BCUT2D eigenvalue weighted by molar-refractivity contribution is 5.17. The van der Waals surface area contributed by atoms with Crippen LogP contribution in [0.5, 0.6) is 0 Å². The maximum absolute atomic E-state index is 8.80. The number of hydrogen-bond donors (Lipinski definition) is 1. The van der Waals surface area contributed by atoms with Crippen molar-refractivity contribution >= 4 is 0 Å². The van der Waals surface area contributed by atoms with Gasteiger partial charge in [0.05, 0.1) is 12.0 Å². The molecular formula is C9H12N2. The molecular weight excluding hydrogens is 136 g/mol. The first-order valence-electron chi connectivity index (χ1n) is 3.78. The van der Waals surface area contributed by atoms with E-state index in [1.807, 2.05) is 18.3 Å². The van der Waals surface area contributed by atoms with Gasteiger partial charge in [-0.3, -0.25) is 0 Å². The summed E-state index contributed by atoms with van der Waals surface area (Å²) < 4.78 is 0. The molecule has 2 nitrogen and oxygen atoms in total. The topological polar surface area (TPSA) is 39.6 Å². The smallest absolute Gasteiger partial charge is 0.0885 e. The highest BCUT2D eigenvalue weighted by Gasteiger charge is 2.14. The van der Waals surface area contributed by atoms with Crippen molar-refractivity contribution in [1.29, 1.82) is 5.26 Å². The maximum atomic E-state index is 8.80. The summed E-state index contributed by atoms with van der Waals surface area (Å²) in [4.78, 5) is 3.05. The van der Waals surface area contributed by atoms with Gasteiger partial charge in [0.1, 0.15) is 0 Å². The second kappa shape index (κ2) is 3.25. The summed E-state index contributed by atoms with van der Waals surface area (Å²) in [6.45, 7) is 4.10. The quantitative estimate of drug-likeness (QED) is 0.686. The highest BCUT2D eigenvalue weighted by Crippen LogP contribution is 2.21. The lowest BCUT2D eigenvalue weighted by Gasteiger charge is -2.09. The number of H-pyrrole nitrogens is 1. The monoisotopic (exact) mass is 148 g/mol. The standard InChI is InChI=1S/C9H12N2/c1-7(2)8(6-10)9-4-3-5-11-9/h3-5,7-8,11H,1-2H3. The van der Waals surface area contributed by atoms with Crippen LogP contribution in [0.15, 0.2) is 18.3 Å². The predicted molar refractivity (Wildman–Crippen MR) is 44.0 cm³/mol. The van der Waals surface area contributed by atoms with Gasteiger partial charge >= 0.3 is 0 Å². The van der Waals surface area contributed by atoms with Gasteiger partial charge in [-0.05, 0) is 18.1 Å². The van der Waals surface area contributed by atoms with Crippen LogP contribution in [0.1, 0.15) is 25.5 Å². The summed E-state index contributed by atoms with van der Waals surface area (Å²) in [5, 5.41) is 8.80. The number of aromatic nitrogens is 1. The van der Waals surface area contributed by atoms with Crippen LogP contribution >= 0.6 is 0 Å². The fourth-order valence-corrected chi connectivity index (χ4v) is 1.12. The molecule has 0 fully saturated rings. The molecule has 1 rings (SSSR count). The number of hydrogen-bond acceptors (Lipinski definition) is 1. The van der Waals surface area contributed by atoms with Crippen molar-refractivity contribution in [2.24, 2.45) is 5.92 Å². The zero-order valence-electron chi connectivity index (χ0n) is 6.83. The zero-order chi connectivity index (χ0) is 8.27. The minimum atomic E-state index is 0.00463. The third-order valence-electron chi connectivity index (χ3n) is 1.76. The first-order valence-corrected chi connectivity index (χ1v) is 3.78. The molecule has 0 saturated heterocycles. The lowest BCUT2D eigenvalue weighted by Crippen LogP contribution is -2.03. The lowest BCUT2D eigenvalue weighted by molar-refractivity contribution is 0.578. The lowest BCUT2D eigenvalue weighted by atomic mass is 9.94. The van der Waals surface area contributed by atoms with E-state index in [9.17, 15) is 0 Å². The number of nitrogens with zero attached hydrogens (tertiary/aromatic N) is 1. The Morgan fingerprint density at radius 3 is 2.64 bits per heavy atom. The SMILES string of the molecule is CC(C)C(C#N)c1ccc[nH]1. The Bertz CT molecular complexity index is 241. The number of nitriles is 1. The summed E-state index contributed by atoms with van der Waals surface area (Å²) in [5.41, 5.74) is 1.02. The largest absolute Gasteiger partial charge is 0.364 e. The van der Waals surface area contributed by atoms with Crippen LogP contribution < -0.4 is 0 Å². The molecule has 0 spiro atoms. The molecule has 1 aromatic rings. The van der Waals surface area contributed by atoms with Crippen LogP contribution in [0, 0.1) is 17.2 Å².